The highest BCUT2D eigenvalue weighted by Gasteiger charge is 1.93. The topological polar surface area (TPSA) is 41.8 Å². The van der Waals surface area contributed by atoms with Gasteiger partial charge in [0, 0.05) is 11.1 Å². The molecule has 0 bridgehead atoms. The number of azo groups is 1. The fourth-order valence-electron chi connectivity index (χ4n) is 1.38. The number of hydrogen-bond donors (Lipinski definition) is 0. The molecule has 0 atom stereocenters. The number of nitrogens with zero attached hydrogens (tertiary/aromatic N) is 2. The quantitative estimate of drug-likeness (QED) is 0.590. The van der Waals surface area contributed by atoms with Gasteiger partial charge in [0.15, 0.2) is 0 Å². The molecule has 2 aromatic carbocycles. The first kappa shape index (κ1) is 13.2. The van der Waals surface area contributed by atoms with E-state index in [0.29, 0.717) is 10.7 Å². The van der Waals surface area contributed by atoms with Crippen molar-refractivity contribution in [3.05, 3.63) is 71.3 Å². The van der Waals surface area contributed by atoms with Crippen molar-refractivity contribution < 1.29 is 4.79 Å². The minimum Gasteiger partial charge on any atom is -0.266 e. The number of carbonyl (C=O) groups is 1. The van der Waals surface area contributed by atoms with E-state index in [1.807, 2.05) is 30.3 Å². The summed E-state index contributed by atoms with van der Waals surface area (Å²) in [5.41, 5.74) is 1.53. The monoisotopic (exact) mass is 270 g/mol. The largest absolute Gasteiger partial charge is 0.288 e. The number of benzene rings is 2. The zero-order valence-electron chi connectivity index (χ0n) is 10.0. The third-order valence-electron chi connectivity index (χ3n) is 2.31. The highest BCUT2D eigenvalue weighted by molar-refractivity contribution is 6.30. The smallest absolute Gasteiger partial charge is 0.266 e. The summed E-state index contributed by atoms with van der Waals surface area (Å²) in [5, 5.41) is 8.04. The van der Waals surface area contributed by atoms with Crippen molar-refractivity contribution in [2.24, 2.45) is 10.2 Å². The molecule has 0 heterocycles. The van der Waals surface area contributed by atoms with Crippen molar-refractivity contribution in [3.63, 3.8) is 0 Å². The Hall–Kier alpha value is -2.26. The molecule has 0 N–H and O–H groups in total. The van der Waals surface area contributed by atoms with Gasteiger partial charge in [-0.3, -0.25) is 4.79 Å². The average Bonchev–Trinajstić information content (AvgIpc) is 2.45. The van der Waals surface area contributed by atoms with Gasteiger partial charge in [-0.25, -0.2) is 0 Å². The molecule has 1 amide bonds. The van der Waals surface area contributed by atoms with E-state index in [2.05, 4.69) is 10.2 Å². The predicted molar refractivity (Wildman–Crippen MR) is 76.5 cm³/mol. The third kappa shape index (κ3) is 4.48. The van der Waals surface area contributed by atoms with Gasteiger partial charge >= 0.3 is 0 Å². The maximum Gasteiger partial charge on any atom is 0.288 e. The maximum absolute atomic E-state index is 11.5. The number of hydrogen-bond acceptors (Lipinski definition) is 2. The zero-order chi connectivity index (χ0) is 13.5. The minimum atomic E-state index is -0.404. The fraction of sp³-hybridized carbons (Fsp3) is 0. The van der Waals surface area contributed by atoms with E-state index in [1.54, 1.807) is 30.3 Å². The summed E-state index contributed by atoms with van der Waals surface area (Å²) in [5.74, 6) is -0.404. The van der Waals surface area contributed by atoms with Crippen molar-refractivity contribution in [3.8, 4) is 0 Å². The lowest BCUT2D eigenvalue weighted by Gasteiger charge is -1.91. The lowest BCUT2D eigenvalue weighted by atomic mass is 10.2. The number of amides is 1. The Morgan fingerprint density at radius 3 is 2.37 bits per heavy atom. The second-order valence-corrected chi connectivity index (χ2v) is 4.20. The van der Waals surface area contributed by atoms with E-state index in [1.165, 1.54) is 6.08 Å². The van der Waals surface area contributed by atoms with Gasteiger partial charge in [-0.05, 0) is 35.9 Å². The number of halogens is 1. The van der Waals surface area contributed by atoms with Gasteiger partial charge < -0.3 is 0 Å². The van der Waals surface area contributed by atoms with Gasteiger partial charge in [0.1, 0.15) is 0 Å². The van der Waals surface area contributed by atoms with Gasteiger partial charge in [0.25, 0.3) is 5.91 Å². The Balaban J connectivity index is 1.98. The van der Waals surface area contributed by atoms with Crippen molar-refractivity contribution in [2.45, 2.75) is 0 Å². The van der Waals surface area contributed by atoms with Crippen LogP contribution in [-0.2, 0) is 4.79 Å². The summed E-state index contributed by atoms with van der Waals surface area (Å²) in [4.78, 5) is 11.5. The van der Waals surface area contributed by atoms with Gasteiger partial charge in [-0.1, -0.05) is 41.9 Å². The van der Waals surface area contributed by atoms with Gasteiger partial charge in [0.2, 0.25) is 0 Å². The second-order valence-electron chi connectivity index (χ2n) is 3.76. The molecule has 0 aliphatic rings. The molecule has 3 nitrogen and oxygen atoms in total. The molecule has 0 saturated carbocycles. The third-order valence-corrected chi connectivity index (χ3v) is 2.56. The highest BCUT2D eigenvalue weighted by atomic mass is 35.5. The van der Waals surface area contributed by atoms with Crippen LogP contribution in [-0.4, -0.2) is 5.91 Å². The minimum absolute atomic E-state index is 0.404. The van der Waals surface area contributed by atoms with Crippen molar-refractivity contribution >= 4 is 29.3 Å². The molecule has 0 aliphatic carbocycles. The Kier molecular flexibility index (Phi) is 4.59. The Morgan fingerprint density at radius 1 is 1.00 bits per heavy atom. The molecule has 0 radical (unpaired) electrons. The summed E-state index contributed by atoms with van der Waals surface area (Å²) in [6, 6.07) is 16.3. The molecular weight excluding hydrogens is 260 g/mol. The average molecular weight is 271 g/mol. The van der Waals surface area contributed by atoms with Crippen molar-refractivity contribution in [1.82, 2.24) is 0 Å². The van der Waals surface area contributed by atoms with Gasteiger partial charge in [-0.2, -0.15) is 0 Å². The normalized spacial score (nSPS) is 11.2. The van der Waals surface area contributed by atoms with Crippen LogP contribution < -0.4 is 0 Å². The van der Waals surface area contributed by atoms with E-state index >= 15 is 0 Å². The Bertz CT molecular complexity index is 604. The first-order chi connectivity index (χ1) is 9.24. The molecule has 0 aromatic heterocycles. The van der Waals surface area contributed by atoms with E-state index in [0.717, 1.165) is 5.56 Å². The fourth-order valence-corrected chi connectivity index (χ4v) is 1.51. The highest BCUT2D eigenvalue weighted by Crippen LogP contribution is 2.16. The predicted octanol–water partition coefficient (Wildman–Crippen LogP) is 4.66. The molecule has 0 unspecified atom stereocenters. The molecule has 0 saturated heterocycles. The lowest BCUT2D eigenvalue weighted by Crippen LogP contribution is -1.83. The SMILES string of the molecule is O=C(C=Cc1ccccc1)N=Nc1ccc(Cl)cc1. The second kappa shape index (κ2) is 6.61. The summed E-state index contributed by atoms with van der Waals surface area (Å²) in [6.45, 7) is 0. The van der Waals surface area contributed by atoms with Crippen LogP contribution in [0, 0.1) is 0 Å². The standard InChI is InChI=1S/C15H11ClN2O/c16-13-7-9-14(10-8-13)17-18-15(19)11-6-12-4-2-1-3-5-12/h1-11H. The summed E-state index contributed by atoms with van der Waals surface area (Å²) in [7, 11) is 0. The maximum atomic E-state index is 11.5. The first-order valence-electron chi connectivity index (χ1n) is 5.68. The van der Waals surface area contributed by atoms with Crippen LogP contribution in [0.1, 0.15) is 5.56 Å². The molecular formula is C15H11ClN2O. The van der Waals surface area contributed by atoms with Crippen LogP contribution in [0.25, 0.3) is 6.08 Å². The lowest BCUT2D eigenvalue weighted by molar-refractivity contribution is -0.113. The van der Waals surface area contributed by atoms with Crippen LogP contribution in [0.3, 0.4) is 0 Å². The van der Waals surface area contributed by atoms with Crippen LogP contribution in [0.2, 0.25) is 5.02 Å². The number of rotatable bonds is 3. The Morgan fingerprint density at radius 2 is 1.68 bits per heavy atom. The molecule has 19 heavy (non-hydrogen) atoms. The summed E-state index contributed by atoms with van der Waals surface area (Å²) >= 11 is 5.74. The Labute approximate surface area is 116 Å². The van der Waals surface area contributed by atoms with Gasteiger partial charge in [0.05, 0.1) is 5.69 Å². The molecule has 0 spiro atoms. The van der Waals surface area contributed by atoms with Gasteiger partial charge in [-0.15, -0.1) is 10.2 Å². The molecule has 94 valence electrons. The van der Waals surface area contributed by atoms with Crippen LogP contribution in [0.15, 0.2) is 70.9 Å². The molecule has 2 rings (SSSR count). The first-order valence-corrected chi connectivity index (χ1v) is 6.06. The van der Waals surface area contributed by atoms with Crippen LogP contribution >= 0.6 is 11.6 Å². The van der Waals surface area contributed by atoms with Crippen LogP contribution in [0.4, 0.5) is 5.69 Å². The molecule has 0 fully saturated rings. The van der Waals surface area contributed by atoms with E-state index in [-0.39, 0.29) is 0 Å². The zero-order valence-corrected chi connectivity index (χ0v) is 10.8. The molecule has 4 heteroatoms. The van der Waals surface area contributed by atoms with Crippen molar-refractivity contribution in [2.75, 3.05) is 0 Å². The molecule has 0 aliphatic heterocycles. The van der Waals surface area contributed by atoms with E-state index in [4.69, 9.17) is 11.6 Å². The summed E-state index contributed by atoms with van der Waals surface area (Å²) < 4.78 is 0. The summed E-state index contributed by atoms with van der Waals surface area (Å²) in [6.07, 6.45) is 3.08. The molecule has 2 aromatic rings. The number of carbonyl (C=O) groups excluding carboxylic acids is 1. The van der Waals surface area contributed by atoms with Crippen LogP contribution in [0.5, 0.6) is 0 Å². The van der Waals surface area contributed by atoms with Crippen molar-refractivity contribution in [1.29, 1.82) is 0 Å². The van der Waals surface area contributed by atoms with E-state index < -0.39 is 5.91 Å². The van der Waals surface area contributed by atoms with E-state index in [9.17, 15) is 4.79 Å².